The van der Waals surface area contributed by atoms with Crippen LogP contribution in [0.5, 0.6) is 0 Å². The Labute approximate surface area is 67.3 Å². The van der Waals surface area contributed by atoms with E-state index in [0.29, 0.717) is 0 Å². The molecule has 3 nitrogen and oxygen atoms in total. The van der Waals surface area contributed by atoms with Gasteiger partial charge in [0.15, 0.2) is 0 Å². The summed E-state index contributed by atoms with van der Waals surface area (Å²) in [6, 6.07) is 0. The van der Waals surface area contributed by atoms with E-state index in [-0.39, 0.29) is 12.1 Å². The van der Waals surface area contributed by atoms with E-state index in [1.54, 1.807) is 0 Å². The van der Waals surface area contributed by atoms with E-state index >= 15 is 0 Å². The minimum Gasteiger partial charge on any atom is -0.461 e. The van der Waals surface area contributed by atoms with Crippen molar-refractivity contribution in [3.8, 4) is 0 Å². The summed E-state index contributed by atoms with van der Waals surface area (Å²) in [5, 5.41) is 0. The molecule has 0 unspecified atom stereocenters. The Hall–Kier alpha value is -0.570. The van der Waals surface area contributed by atoms with Gasteiger partial charge in [0.25, 0.3) is 0 Å². The summed E-state index contributed by atoms with van der Waals surface area (Å²) in [7, 11) is 2.05. The Bertz CT molecular complexity index is 147. The van der Waals surface area contributed by atoms with Gasteiger partial charge in [-0.15, -0.1) is 0 Å². The average molecular weight is 157 g/mol. The lowest BCUT2D eigenvalue weighted by Gasteiger charge is -2.28. The maximum Gasteiger partial charge on any atom is 0.302 e. The van der Waals surface area contributed by atoms with E-state index < -0.39 is 0 Å². The van der Waals surface area contributed by atoms with Crippen molar-refractivity contribution in [3.05, 3.63) is 0 Å². The molecule has 0 radical (unpaired) electrons. The molecule has 0 spiro atoms. The largest absolute Gasteiger partial charge is 0.461 e. The molecule has 1 atom stereocenters. The van der Waals surface area contributed by atoms with Gasteiger partial charge in [0, 0.05) is 13.5 Å². The first-order chi connectivity index (χ1) is 5.18. The lowest BCUT2D eigenvalue weighted by atomic mass is 10.1. The number of nitrogens with zero attached hydrogens (tertiary/aromatic N) is 1. The summed E-state index contributed by atoms with van der Waals surface area (Å²) in [6.45, 7) is 3.48. The van der Waals surface area contributed by atoms with Crippen molar-refractivity contribution >= 4 is 5.97 Å². The number of esters is 1. The van der Waals surface area contributed by atoms with Crippen molar-refractivity contribution in [2.75, 3.05) is 20.1 Å². The van der Waals surface area contributed by atoms with Gasteiger partial charge < -0.3 is 9.64 Å². The van der Waals surface area contributed by atoms with Crippen LogP contribution in [0.25, 0.3) is 0 Å². The molecule has 64 valence electrons. The Morgan fingerprint density at radius 2 is 2.36 bits per heavy atom. The molecular formula is C8H15NO2. The van der Waals surface area contributed by atoms with E-state index in [2.05, 4.69) is 11.9 Å². The number of ether oxygens (including phenoxy) is 1. The molecular weight excluding hydrogens is 142 g/mol. The zero-order valence-electron chi connectivity index (χ0n) is 7.17. The van der Waals surface area contributed by atoms with Crippen LogP contribution in [0.3, 0.4) is 0 Å². The molecule has 1 saturated heterocycles. The Morgan fingerprint density at radius 3 is 2.91 bits per heavy atom. The normalized spacial score (nSPS) is 26.5. The first-order valence-corrected chi connectivity index (χ1v) is 4.04. The molecule has 11 heavy (non-hydrogen) atoms. The third kappa shape index (κ3) is 2.89. The fourth-order valence-corrected chi connectivity index (χ4v) is 1.45. The molecule has 0 saturated carbocycles. The fourth-order valence-electron chi connectivity index (χ4n) is 1.45. The Morgan fingerprint density at radius 1 is 1.64 bits per heavy atom. The van der Waals surface area contributed by atoms with Crippen LogP contribution in [0.1, 0.15) is 19.8 Å². The van der Waals surface area contributed by atoms with E-state index in [0.717, 1.165) is 25.9 Å². The molecule has 0 aromatic rings. The predicted octanol–water partition coefficient (Wildman–Crippen LogP) is 0.644. The third-order valence-electron chi connectivity index (χ3n) is 1.91. The number of carbonyl (C=O) groups excluding carboxylic acids is 1. The molecule has 3 heteroatoms. The van der Waals surface area contributed by atoms with Gasteiger partial charge in [-0.2, -0.15) is 0 Å². The molecule has 0 N–H and O–H groups in total. The number of hydrogen-bond donors (Lipinski definition) is 0. The number of likely N-dealkylation sites (tertiary alicyclic amines) is 1. The summed E-state index contributed by atoms with van der Waals surface area (Å²) in [5.74, 6) is -0.162. The topological polar surface area (TPSA) is 29.5 Å². The lowest BCUT2D eigenvalue weighted by molar-refractivity contribution is -0.148. The number of rotatable bonds is 1. The highest BCUT2D eigenvalue weighted by Crippen LogP contribution is 2.11. The molecule has 1 fully saturated rings. The minimum absolute atomic E-state index is 0.131. The van der Waals surface area contributed by atoms with Crippen molar-refractivity contribution in [2.24, 2.45) is 0 Å². The molecule has 1 rings (SSSR count). The van der Waals surface area contributed by atoms with E-state index in [9.17, 15) is 4.79 Å². The van der Waals surface area contributed by atoms with Crippen molar-refractivity contribution in [2.45, 2.75) is 25.9 Å². The van der Waals surface area contributed by atoms with Gasteiger partial charge in [0.1, 0.15) is 6.10 Å². The highest BCUT2D eigenvalue weighted by atomic mass is 16.5. The lowest BCUT2D eigenvalue weighted by Crippen LogP contribution is -2.37. The number of carbonyl (C=O) groups is 1. The van der Waals surface area contributed by atoms with Gasteiger partial charge in [-0.1, -0.05) is 0 Å². The van der Waals surface area contributed by atoms with Crippen molar-refractivity contribution in [1.29, 1.82) is 0 Å². The maximum atomic E-state index is 10.6. The van der Waals surface area contributed by atoms with Crippen molar-refractivity contribution < 1.29 is 9.53 Å². The van der Waals surface area contributed by atoms with Crippen molar-refractivity contribution in [1.82, 2.24) is 4.90 Å². The van der Waals surface area contributed by atoms with Crippen LogP contribution in [0.15, 0.2) is 0 Å². The fraction of sp³-hybridized carbons (Fsp3) is 0.875. The number of hydrogen-bond acceptors (Lipinski definition) is 3. The van der Waals surface area contributed by atoms with E-state index in [4.69, 9.17) is 4.74 Å². The molecule has 1 aliphatic rings. The highest BCUT2D eigenvalue weighted by Gasteiger charge is 2.18. The minimum atomic E-state index is -0.162. The Balaban J connectivity index is 2.28. The monoisotopic (exact) mass is 157 g/mol. The molecule has 1 heterocycles. The second-order valence-corrected chi connectivity index (χ2v) is 3.14. The van der Waals surface area contributed by atoms with Crippen LogP contribution < -0.4 is 0 Å². The molecule has 0 bridgehead atoms. The highest BCUT2D eigenvalue weighted by molar-refractivity contribution is 5.66. The van der Waals surface area contributed by atoms with Gasteiger partial charge in [-0.25, -0.2) is 0 Å². The third-order valence-corrected chi connectivity index (χ3v) is 1.91. The SMILES string of the molecule is CC(=O)O[C@@H]1CCCN(C)C1. The molecule has 0 amide bonds. The molecule has 0 aromatic heterocycles. The van der Waals surface area contributed by atoms with Gasteiger partial charge >= 0.3 is 5.97 Å². The molecule has 0 aliphatic carbocycles. The summed E-state index contributed by atoms with van der Waals surface area (Å²) in [5.41, 5.74) is 0. The van der Waals surface area contributed by atoms with E-state index in [1.807, 2.05) is 0 Å². The second-order valence-electron chi connectivity index (χ2n) is 3.14. The number of piperidine rings is 1. The summed E-state index contributed by atoms with van der Waals surface area (Å²) in [4.78, 5) is 12.8. The Kier molecular flexibility index (Phi) is 2.88. The second kappa shape index (κ2) is 3.72. The van der Waals surface area contributed by atoms with Crippen LogP contribution >= 0.6 is 0 Å². The van der Waals surface area contributed by atoms with Crippen LogP contribution in [-0.2, 0) is 9.53 Å². The molecule has 1 aliphatic heterocycles. The van der Waals surface area contributed by atoms with Gasteiger partial charge in [-0.05, 0) is 26.4 Å². The van der Waals surface area contributed by atoms with Gasteiger partial charge in [-0.3, -0.25) is 4.79 Å². The predicted molar refractivity (Wildman–Crippen MR) is 42.3 cm³/mol. The molecule has 0 aromatic carbocycles. The summed E-state index contributed by atoms with van der Waals surface area (Å²) >= 11 is 0. The van der Waals surface area contributed by atoms with Gasteiger partial charge in [0.2, 0.25) is 0 Å². The van der Waals surface area contributed by atoms with Crippen LogP contribution in [0, 0.1) is 0 Å². The smallest absolute Gasteiger partial charge is 0.302 e. The van der Waals surface area contributed by atoms with Crippen LogP contribution in [0.4, 0.5) is 0 Å². The average Bonchev–Trinajstić information content (AvgIpc) is 1.85. The summed E-state index contributed by atoms with van der Waals surface area (Å²) in [6.07, 6.45) is 2.28. The number of likely N-dealkylation sites (N-methyl/N-ethyl adjacent to an activating group) is 1. The quantitative estimate of drug-likeness (QED) is 0.523. The van der Waals surface area contributed by atoms with E-state index in [1.165, 1.54) is 6.92 Å². The zero-order chi connectivity index (χ0) is 8.27. The van der Waals surface area contributed by atoms with Crippen LogP contribution in [-0.4, -0.2) is 37.1 Å². The standard InChI is InChI=1S/C8H15NO2/c1-7(10)11-8-4-3-5-9(2)6-8/h8H,3-6H2,1-2H3/t8-/m1/s1. The van der Waals surface area contributed by atoms with Crippen LogP contribution in [0.2, 0.25) is 0 Å². The van der Waals surface area contributed by atoms with Gasteiger partial charge in [0.05, 0.1) is 0 Å². The first kappa shape index (κ1) is 8.53. The van der Waals surface area contributed by atoms with Crippen molar-refractivity contribution in [3.63, 3.8) is 0 Å². The first-order valence-electron chi connectivity index (χ1n) is 4.04. The maximum absolute atomic E-state index is 10.6. The zero-order valence-corrected chi connectivity index (χ0v) is 7.17. The summed E-state index contributed by atoms with van der Waals surface area (Å²) < 4.78 is 5.08.